The van der Waals surface area contributed by atoms with Gasteiger partial charge in [-0.15, -0.1) is 0 Å². The van der Waals surface area contributed by atoms with E-state index in [-0.39, 0.29) is 16.7 Å². The number of sulfonamides is 1. The molecule has 0 unspecified atom stereocenters. The Hall–Kier alpha value is -2.49. The third kappa shape index (κ3) is 5.72. The molecule has 4 rings (SSSR count). The summed E-state index contributed by atoms with van der Waals surface area (Å²) in [6, 6.07) is 11.4. The van der Waals surface area contributed by atoms with Gasteiger partial charge in [-0.3, -0.25) is 14.7 Å². The summed E-state index contributed by atoms with van der Waals surface area (Å²) in [6.07, 6.45) is 4.05. The van der Waals surface area contributed by atoms with Crippen molar-refractivity contribution in [2.75, 3.05) is 45.9 Å². The Morgan fingerprint density at radius 3 is 2.33 bits per heavy atom. The van der Waals surface area contributed by atoms with E-state index in [2.05, 4.69) is 22.0 Å². The predicted octanol–water partition coefficient (Wildman–Crippen LogP) is 2.23. The fourth-order valence-corrected chi connectivity index (χ4v) is 5.93. The summed E-state index contributed by atoms with van der Waals surface area (Å²) in [7, 11) is -3.55. The third-order valence-electron chi connectivity index (χ3n) is 6.40. The number of nitrogens with zero attached hydrogens (tertiary/aromatic N) is 4. The van der Waals surface area contributed by atoms with E-state index in [9.17, 15) is 13.2 Å². The van der Waals surface area contributed by atoms with Crippen LogP contribution in [0, 0.1) is 5.92 Å². The summed E-state index contributed by atoms with van der Waals surface area (Å²) >= 11 is 0. The molecule has 1 aromatic heterocycles. The molecule has 9 heteroatoms. The lowest BCUT2D eigenvalue weighted by molar-refractivity contribution is -0.138. The summed E-state index contributed by atoms with van der Waals surface area (Å²) in [5, 5.41) is 0. The molecule has 0 radical (unpaired) electrons. The molecule has 2 aliphatic rings. The standard InChI is InChI=1S/C24H32N4O4S/c1-2-32-22-7-5-20(6-8-22)19-26-14-16-27(17-15-26)24(29)21-9-12-28(13-10-21)33(30,31)23-4-3-11-25-18-23/h3-8,11,18,21H,2,9-10,12-17,19H2,1H3. The van der Waals surface area contributed by atoms with Gasteiger partial charge in [-0.2, -0.15) is 4.31 Å². The average molecular weight is 473 g/mol. The minimum absolute atomic E-state index is 0.108. The zero-order valence-electron chi connectivity index (χ0n) is 19.1. The van der Waals surface area contributed by atoms with E-state index in [1.54, 1.807) is 18.3 Å². The van der Waals surface area contributed by atoms with Gasteiger partial charge in [-0.1, -0.05) is 12.1 Å². The summed E-state index contributed by atoms with van der Waals surface area (Å²) < 4.78 is 32.5. The number of amides is 1. The van der Waals surface area contributed by atoms with E-state index in [1.807, 2.05) is 24.0 Å². The fourth-order valence-electron chi connectivity index (χ4n) is 4.49. The lowest BCUT2D eigenvalue weighted by Gasteiger charge is -2.38. The van der Waals surface area contributed by atoms with Gasteiger partial charge in [-0.05, 0) is 49.6 Å². The smallest absolute Gasteiger partial charge is 0.244 e. The van der Waals surface area contributed by atoms with Gasteiger partial charge in [0.1, 0.15) is 10.6 Å². The maximum absolute atomic E-state index is 13.1. The molecule has 0 saturated carbocycles. The van der Waals surface area contributed by atoms with Crippen LogP contribution in [0.4, 0.5) is 0 Å². The van der Waals surface area contributed by atoms with Crippen LogP contribution < -0.4 is 4.74 Å². The number of aromatic nitrogens is 1. The molecular formula is C24H32N4O4S. The van der Waals surface area contributed by atoms with Crippen LogP contribution in [-0.4, -0.2) is 79.3 Å². The number of piperazine rings is 1. The van der Waals surface area contributed by atoms with Gasteiger partial charge < -0.3 is 9.64 Å². The predicted molar refractivity (Wildman–Crippen MR) is 125 cm³/mol. The van der Waals surface area contributed by atoms with E-state index in [0.717, 1.165) is 25.4 Å². The highest BCUT2D eigenvalue weighted by Crippen LogP contribution is 2.25. The molecule has 0 bridgehead atoms. The summed E-state index contributed by atoms with van der Waals surface area (Å²) in [6.45, 7) is 7.33. The Labute approximate surface area is 196 Å². The van der Waals surface area contributed by atoms with Crippen molar-refractivity contribution in [3.8, 4) is 5.75 Å². The fraction of sp³-hybridized carbons (Fsp3) is 0.500. The van der Waals surface area contributed by atoms with Crippen molar-refractivity contribution in [1.82, 2.24) is 19.1 Å². The number of ether oxygens (including phenoxy) is 1. The van der Waals surface area contributed by atoms with Gasteiger partial charge in [0.2, 0.25) is 15.9 Å². The van der Waals surface area contributed by atoms with Crippen LogP contribution in [0.5, 0.6) is 5.75 Å². The van der Waals surface area contributed by atoms with Gasteiger partial charge in [0.15, 0.2) is 0 Å². The van der Waals surface area contributed by atoms with E-state index < -0.39 is 10.0 Å². The van der Waals surface area contributed by atoms with Gasteiger partial charge >= 0.3 is 0 Å². The summed E-state index contributed by atoms with van der Waals surface area (Å²) in [5.41, 5.74) is 1.24. The highest BCUT2D eigenvalue weighted by atomic mass is 32.2. The van der Waals surface area contributed by atoms with E-state index in [1.165, 1.54) is 16.1 Å². The Morgan fingerprint density at radius 1 is 1.03 bits per heavy atom. The number of hydrogen-bond donors (Lipinski definition) is 0. The first kappa shape index (κ1) is 23.7. The maximum Gasteiger partial charge on any atom is 0.244 e. The molecule has 178 valence electrons. The van der Waals surface area contributed by atoms with Crippen LogP contribution in [0.2, 0.25) is 0 Å². The van der Waals surface area contributed by atoms with Crippen LogP contribution >= 0.6 is 0 Å². The Balaban J connectivity index is 1.24. The number of benzene rings is 1. The van der Waals surface area contributed by atoms with Crippen molar-refractivity contribution in [2.24, 2.45) is 5.92 Å². The normalized spacial score (nSPS) is 18.9. The van der Waals surface area contributed by atoms with E-state index in [4.69, 9.17) is 4.74 Å². The van der Waals surface area contributed by atoms with Crippen molar-refractivity contribution in [3.05, 3.63) is 54.4 Å². The van der Waals surface area contributed by atoms with Gasteiger partial charge in [0.05, 0.1) is 6.61 Å². The van der Waals surface area contributed by atoms with Crippen molar-refractivity contribution in [3.63, 3.8) is 0 Å². The number of hydrogen-bond acceptors (Lipinski definition) is 6. The summed E-state index contributed by atoms with van der Waals surface area (Å²) in [5.74, 6) is 0.938. The van der Waals surface area contributed by atoms with Crippen LogP contribution in [0.25, 0.3) is 0 Å². The Kier molecular flexibility index (Phi) is 7.62. The molecule has 0 N–H and O–H groups in total. The maximum atomic E-state index is 13.1. The molecule has 1 amide bonds. The Bertz CT molecular complexity index is 1010. The van der Waals surface area contributed by atoms with Crippen molar-refractivity contribution >= 4 is 15.9 Å². The lowest BCUT2D eigenvalue weighted by atomic mass is 9.96. The molecule has 2 saturated heterocycles. The molecule has 2 fully saturated rings. The zero-order valence-corrected chi connectivity index (χ0v) is 19.9. The molecule has 2 aliphatic heterocycles. The minimum atomic E-state index is -3.55. The van der Waals surface area contributed by atoms with Crippen LogP contribution in [-0.2, 0) is 21.4 Å². The molecule has 3 heterocycles. The van der Waals surface area contributed by atoms with Crippen LogP contribution in [0.3, 0.4) is 0 Å². The third-order valence-corrected chi connectivity index (χ3v) is 8.28. The molecule has 8 nitrogen and oxygen atoms in total. The van der Waals surface area contributed by atoms with Crippen molar-refractivity contribution in [1.29, 1.82) is 0 Å². The second-order valence-electron chi connectivity index (χ2n) is 8.55. The van der Waals surface area contributed by atoms with Crippen molar-refractivity contribution < 1.29 is 17.9 Å². The number of carbonyl (C=O) groups is 1. The van der Waals surface area contributed by atoms with E-state index in [0.29, 0.717) is 45.6 Å². The zero-order chi connectivity index (χ0) is 23.3. The average Bonchev–Trinajstić information content (AvgIpc) is 2.86. The number of piperidine rings is 1. The van der Waals surface area contributed by atoms with Gasteiger partial charge in [-0.25, -0.2) is 8.42 Å². The first-order valence-electron chi connectivity index (χ1n) is 11.6. The highest BCUT2D eigenvalue weighted by Gasteiger charge is 2.34. The van der Waals surface area contributed by atoms with Crippen LogP contribution in [0.1, 0.15) is 25.3 Å². The molecule has 33 heavy (non-hydrogen) atoms. The van der Waals surface area contributed by atoms with Gasteiger partial charge in [0.25, 0.3) is 0 Å². The molecule has 0 aliphatic carbocycles. The lowest BCUT2D eigenvalue weighted by Crippen LogP contribution is -2.51. The van der Waals surface area contributed by atoms with E-state index >= 15 is 0 Å². The first-order chi connectivity index (χ1) is 16.0. The second-order valence-corrected chi connectivity index (χ2v) is 10.5. The SMILES string of the molecule is CCOc1ccc(CN2CCN(C(=O)C3CCN(S(=O)(=O)c4cccnc4)CC3)CC2)cc1. The van der Waals surface area contributed by atoms with Crippen molar-refractivity contribution in [2.45, 2.75) is 31.2 Å². The highest BCUT2D eigenvalue weighted by molar-refractivity contribution is 7.89. The number of carbonyl (C=O) groups excluding carboxylic acids is 1. The second kappa shape index (κ2) is 10.6. The molecule has 1 aromatic carbocycles. The molecule has 0 spiro atoms. The van der Waals surface area contributed by atoms with Crippen LogP contribution in [0.15, 0.2) is 53.7 Å². The quantitative estimate of drug-likeness (QED) is 0.615. The molecule has 2 aromatic rings. The number of pyridine rings is 1. The number of rotatable bonds is 7. The van der Waals surface area contributed by atoms with Gasteiger partial charge in [0, 0.05) is 64.1 Å². The minimum Gasteiger partial charge on any atom is -0.494 e. The Morgan fingerprint density at radius 2 is 1.73 bits per heavy atom. The summed E-state index contributed by atoms with van der Waals surface area (Å²) in [4.78, 5) is 21.5. The monoisotopic (exact) mass is 472 g/mol. The first-order valence-corrected chi connectivity index (χ1v) is 13.0. The largest absolute Gasteiger partial charge is 0.494 e. The topological polar surface area (TPSA) is 83.0 Å². The molecule has 0 atom stereocenters. The molecular weight excluding hydrogens is 440 g/mol.